The zero-order valence-corrected chi connectivity index (χ0v) is 21.0. The van der Waals surface area contributed by atoms with Gasteiger partial charge < -0.3 is 20.5 Å². The first kappa shape index (κ1) is 26.2. The van der Waals surface area contributed by atoms with Crippen molar-refractivity contribution in [1.29, 1.82) is 0 Å². The van der Waals surface area contributed by atoms with Gasteiger partial charge in [-0.1, -0.05) is 55.5 Å². The highest BCUT2D eigenvalue weighted by molar-refractivity contribution is 5.80. The summed E-state index contributed by atoms with van der Waals surface area (Å²) in [7, 11) is 0. The minimum absolute atomic E-state index is 0.0172. The molecule has 196 valence electrons. The van der Waals surface area contributed by atoms with Crippen molar-refractivity contribution in [2.24, 2.45) is 16.9 Å². The molecule has 0 bridgehead atoms. The van der Waals surface area contributed by atoms with Crippen molar-refractivity contribution < 1.29 is 24.2 Å². The van der Waals surface area contributed by atoms with Crippen molar-refractivity contribution in [3.05, 3.63) is 59.7 Å². The Morgan fingerprint density at radius 2 is 1.65 bits per heavy atom. The van der Waals surface area contributed by atoms with E-state index in [-0.39, 0.29) is 24.4 Å². The summed E-state index contributed by atoms with van der Waals surface area (Å²) in [4.78, 5) is 35.6. The number of nitrogens with one attached hydrogen (secondary N) is 3. The molecule has 1 atom stereocenters. The highest BCUT2D eigenvalue weighted by Crippen LogP contribution is 2.44. The minimum atomic E-state index is -0.740. The molecule has 2 aromatic rings. The Morgan fingerprint density at radius 1 is 1.03 bits per heavy atom. The second-order valence-corrected chi connectivity index (χ2v) is 9.64. The number of alkyl carbamates (subject to hydrolysis) is 1. The maximum Gasteiger partial charge on any atom is 0.407 e. The highest BCUT2D eigenvalue weighted by Gasteiger charge is 2.29. The molecule has 0 spiro atoms. The molecule has 0 heterocycles. The smallest absolute Gasteiger partial charge is 0.407 e. The van der Waals surface area contributed by atoms with Gasteiger partial charge in [-0.2, -0.15) is 5.10 Å². The summed E-state index contributed by atoms with van der Waals surface area (Å²) >= 11 is 0. The predicted octanol–water partition coefficient (Wildman–Crippen LogP) is 4.48. The molecule has 0 unspecified atom stereocenters. The van der Waals surface area contributed by atoms with E-state index in [1.807, 2.05) is 31.2 Å². The Morgan fingerprint density at radius 3 is 2.24 bits per heavy atom. The van der Waals surface area contributed by atoms with Gasteiger partial charge in [-0.3, -0.25) is 4.79 Å². The van der Waals surface area contributed by atoms with E-state index in [0.29, 0.717) is 25.8 Å². The molecule has 2 aromatic carbocycles. The number of hydrazone groups is 1. The molecule has 2 aliphatic rings. The third-order valence-electron chi connectivity index (χ3n) is 7.25. The van der Waals surface area contributed by atoms with Crippen LogP contribution >= 0.6 is 0 Å². The van der Waals surface area contributed by atoms with Crippen LogP contribution in [-0.4, -0.2) is 48.6 Å². The van der Waals surface area contributed by atoms with Crippen LogP contribution in [0.2, 0.25) is 0 Å². The Bertz CT molecular complexity index is 1100. The van der Waals surface area contributed by atoms with E-state index in [9.17, 15) is 14.4 Å². The van der Waals surface area contributed by atoms with Crippen molar-refractivity contribution in [3.8, 4) is 11.1 Å². The third kappa shape index (κ3) is 6.67. The fourth-order valence-corrected chi connectivity index (χ4v) is 5.11. The van der Waals surface area contributed by atoms with Crippen LogP contribution in [0.1, 0.15) is 56.1 Å². The Kier molecular flexibility index (Phi) is 8.77. The van der Waals surface area contributed by atoms with E-state index in [1.54, 1.807) is 0 Å². The molecule has 0 aliphatic heterocycles. The molecule has 0 radical (unpaired) electrons. The van der Waals surface area contributed by atoms with E-state index < -0.39 is 24.1 Å². The van der Waals surface area contributed by atoms with Gasteiger partial charge in [-0.15, -0.1) is 0 Å². The van der Waals surface area contributed by atoms with Gasteiger partial charge in [0.1, 0.15) is 6.61 Å². The van der Waals surface area contributed by atoms with E-state index in [4.69, 9.17) is 9.84 Å². The second kappa shape index (κ2) is 12.4. The van der Waals surface area contributed by atoms with Gasteiger partial charge in [0.05, 0.1) is 12.0 Å². The molecule has 2 aliphatic carbocycles. The fourth-order valence-electron chi connectivity index (χ4n) is 5.11. The lowest BCUT2D eigenvalue weighted by atomic mass is 9.82. The van der Waals surface area contributed by atoms with Crippen LogP contribution in [0.4, 0.5) is 9.59 Å². The average Bonchev–Trinajstić information content (AvgIpc) is 3.24. The topological polar surface area (TPSA) is 129 Å². The van der Waals surface area contributed by atoms with Crippen molar-refractivity contribution in [2.45, 2.75) is 51.0 Å². The summed E-state index contributed by atoms with van der Waals surface area (Å²) in [6.07, 6.45) is 4.34. The molecule has 9 nitrogen and oxygen atoms in total. The molecule has 9 heteroatoms. The molecule has 3 amide bonds. The summed E-state index contributed by atoms with van der Waals surface area (Å²) in [5.74, 6) is -0.763. The molecule has 0 aromatic heterocycles. The summed E-state index contributed by atoms with van der Waals surface area (Å²) < 4.78 is 5.58. The molecule has 1 fully saturated rings. The number of aliphatic carboxylic acids is 1. The standard InChI is InChI=1S/C28H34N4O5/c1-2-20(16-30-32-27(35)29-15-18-11-13-19(14-12-18)26(33)34)31-28(36)37-17-25-23-9-5-3-7-21(23)22-8-4-6-10-24(22)25/h3-10,16,18-20,25H,2,11-15,17H2,1H3,(H,31,36)(H,33,34)(H2,29,32,35)/b30-16+/t18?,19?,20-/m0/s1. The zero-order chi connectivity index (χ0) is 26.2. The van der Waals surface area contributed by atoms with E-state index in [1.165, 1.54) is 17.3 Å². The number of hydrogen-bond donors (Lipinski definition) is 4. The number of nitrogens with zero attached hydrogens (tertiary/aromatic N) is 1. The lowest BCUT2D eigenvalue weighted by molar-refractivity contribution is -0.143. The average molecular weight is 507 g/mol. The van der Waals surface area contributed by atoms with Gasteiger partial charge in [0.2, 0.25) is 0 Å². The summed E-state index contributed by atoms with van der Waals surface area (Å²) in [5, 5.41) is 18.6. The first-order valence-electron chi connectivity index (χ1n) is 12.9. The summed E-state index contributed by atoms with van der Waals surface area (Å²) in [5.41, 5.74) is 7.05. The Labute approximate surface area is 216 Å². The first-order valence-corrected chi connectivity index (χ1v) is 12.9. The van der Waals surface area contributed by atoms with Gasteiger partial charge in [-0.25, -0.2) is 15.0 Å². The van der Waals surface area contributed by atoms with Crippen LogP contribution < -0.4 is 16.1 Å². The van der Waals surface area contributed by atoms with Crippen molar-refractivity contribution in [1.82, 2.24) is 16.1 Å². The molecule has 1 saturated carbocycles. The molecule has 4 N–H and O–H groups in total. The normalized spacial score (nSPS) is 19.5. The van der Waals surface area contributed by atoms with E-state index in [0.717, 1.165) is 24.0 Å². The predicted molar refractivity (Wildman–Crippen MR) is 140 cm³/mol. The maximum absolute atomic E-state index is 12.5. The lowest BCUT2D eigenvalue weighted by Crippen LogP contribution is -2.39. The van der Waals surface area contributed by atoms with Crippen molar-refractivity contribution in [3.63, 3.8) is 0 Å². The van der Waals surface area contributed by atoms with Crippen LogP contribution in [0.25, 0.3) is 11.1 Å². The first-order chi connectivity index (χ1) is 18.0. The Balaban J connectivity index is 1.19. The van der Waals surface area contributed by atoms with E-state index in [2.05, 4.69) is 45.4 Å². The molecular formula is C28H34N4O5. The number of carboxylic acid groups (broad SMARTS) is 1. The van der Waals surface area contributed by atoms with Gasteiger partial charge >= 0.3 is 18.1 Å². The SMILES string of the molecule is CC[C@@H](/C=N/NC(=O)NCC1CCC(C(=O)O)CC1)NC(=O)OCC1c2ccccc2-c2ccccc21. The number of benzene rings is 2. The van der Waals surface area contributed by atoms with Gasteiger partial charge in [0.15, 0.2) is 0 Å². The number of carbonyl (C=O) groups is 3. The highest BCUT2D eigenvalue weighted by atomic mass is 16.5. The van der Waals surface area contributed by atoms with Gasteiger partial charge in [-0.05, 0) is 60.3 Å². The van der Waals surface area contributed by atoms with Crippen molar-refractivity contribution >= 4 is 24.3 Å². The number of carbonyl (C=O) groups excluding carboxylic acids is 2. The lowest BCUT2D eigenvalue weighted by Gasteiger charge is -2.25. The quantitative estimate of drug-likeness (QED) is 0.294. The summed E-state index contributed by atoms with van der Waals surface area (Å²) in [6.45, 7) is 2.60. The fraction of sp³-hybridized carbons (Fsp3) is 0.429. The third-order valence-corrected chi connectivity index (χ3v) is 7.25. The van der Waals surface area contributed by atoms with Gasteiger partial charge in [0.25, 0.3) is 0 Å². The number of amides is 3. The largest absolute Gasteiger partial charge is 0.481 e. The second-order valence-electron chi connectivity index (χ2n) is 9.64. The zero-order valence-electron chi connectivity index (χ0n) is 21.0. The number of urea groups is 1. The molecule has 4 rings (SSSR count). The monoisotopic (exact) mass is 506 g/mol. The summed E-state index contributed by atoms with van der Waals surface area (Å²) in [6, 6.07) is 15.5. The van der Waals surface area contributed by atoms with Crippen LogP contribution in [-0.2, 0) is 9.53 Å². The minimum Gasteiger partial charge on any atom is -0.481 e. The number of rotatable bonds is 9. The number of ether oxygens (including phenoxy) is 1. The van der Waals surface area contributed by atoms with Crippen LogP contribution in [0.5, 0.6) is 0 Å². The number of fused-ring (bicyclic) bond motifs is 3. The maximum atomic E-state index is 12.5. The molecular weight excluding hydrogens is 472 g/mol. The number of hydrogen-bond acceptors (Lipinski definition) is 5. The van der Waals surface area contributed by atoms with Crippen LogP contribution in [0.3, 0.4) is 0 Å². The Hall–Kier alpha value is -3.88. The van der Waals surface area contributed by atoms with Crippen LogP contribution in [0.15, 0.2) is 53.6 Å². The van der Waals surface area contributed by atoms with Gasteiger partial charge in [0, 0.05) is 18.7 Å². The van der Waals surface area contributed by atoms with Crippen molar-refractivity contribution in [2.75, 3.05) is 13.2 Å². The molecule has 0 saturated heterocycles. The molecule has 37 heavy (non-hydrogen) atoms. The number of carboxylic acids is 1. The van der Waals surface area contributed by atoms with Crippen LogP contribution in [0, 0.1) is 11.8 Å². The van der Waals surface area contributed by atoms with E-state index >= 15 is 0 Å².